The van der Waals surface area contributed by atoms with E-state index in [1.807, 2.05) is 0 Å². The fourth-order valence-corrected chi connectivity index (χ4v) is 4.69. The van der Waals surface area contributed by atoms with E-state index in [9.17, 15) is 0 Å². The molecule has 0 N–H and O–H groups in total. The lowest BCUT2D eigenvalue weighted by Gasteiger charge is -2.00. The van der Waals surface area contributed by atoms with Gasteiger partial charge in [0.25, 0.3) is 0 Å². The summed E-state index contributed by atoms with van der Waals surface area (Å²) in [5.41, 5.74) is 0. The van der Waals surface area contributed by atoms with Crippen LogP contribution in [0.2, 0.25) is 0 Å². The van der Waals surface area contributed by atoms with E-state index in [0.717, 1.165) is 0 Å². The number of hydrogen-bond donors (Lipinski definition) is 1. The Hall–Kier alpha value is 1.38. The monoisotopic (exact) mass is 394 g/mol. The van der Waals surface area contributed by atoms with Crippen molar-refractivity contribution < 1.29 is 0 Å². The Morgan fingerprint density at radius 3 is 2.00 bits per heavy atom. The highest BCUT2D eigenvalue weighted by Gasteiger charge is 2.01. The number of benzene rings is 1. The lowest BCUT2D eigenvalue weighted by atomic mass is 10.4. The van der Waals surface area contributed by atoms with Gasteiger partial charge in [-0.1, -0.05) is 16.9 Å². The van der Waals surface area contributed by atoms with Crippen LogP contribution in [0.1, 0.15) is 0 Å². The molecule has 0 heterocycles. The minimum atomic E-state index is 1.26. The number of hydrogen-bond acceptors (Lipinski definition) is 2. The second kappa shape index (κ2) is 4.42. The Labute approximate surface area is 96.6 Å². The highest BCUT2D eigenvalue weighted by Crippen LogP contribution is 2.31. The molecule has 0 saturated heterocycles. The van der Waals surface area contributed by atoms with E-state index in [1.165, 1.54) is 22.8 Å². The zero-order valence-corrected chi connectivity index (χ0v) is 10.9. The van der Waals surface area contributed by atoms with E-state index in [1.54, 1.807) is 0 Å². The molecule has 0 radical (unpaired) electrons. The summed E-state index contributed by atoms with van der Waals surface area (Å²) >= 11 is 8.78. The molecule has 0 atom stereocenters. The molecule has 0 saturated carbocycles. The Balaban J connectivity index is 3.17. The molecule has 0 spiro atoms. The van der Waals surface area contributed by atoms with Crippen LogP contribution in [-0.2, 0) is 0 Å². The van der Waals surface area contributed by atoms with E-state index in [0.29, 0.717) is 0 Å². The molecule has 0 amide bonds. The summed E-state index contributed by atoms with van der Waals surface area (Å²) < 4.78 is 2.54. The van der Waals surface area contributed by atoms with E-state index in [4.69, 9.17) is 0 Å². The standard InChI is InChI=1S/C6H4I2S2/c7-4-2-1-3-5(8)6(4)10-9/h1-3,9H. The van der Waals surface area contributed by atoms with Gasteiger partial charge in [-0.3, -0.25) is 0 Å². The Kier molecular flexibility index (Phi) is 4.18. The average molecular weight is 394 g/mol. The van der Waals surface area contributed by atoms with Crippen LogP contribution >= 0.6 is 67.6 Å². The van der Waals surface area contributed by atoms with Gasteiger partial charge in [0.15, 0.2) is 0 Å². The van der Waals surface area contributed by atoms with Crippen LogP contribution in [0.3, 0.4) is 0 Å². The molecule has 0 aliphatic carbocycles. The van der Waals surface area contributed by atoms with Crippen LogP contribution in [0.25, 0.3) is 0 Å². The lowest BCUT2D eigenvalue weighted by molar-refractivity contribution is 1.36. The molecule has 0 bridgehead atoms. The van der Waals surface area contributed by atoms with Crippen molar-refractivity contribution in [2.45, 2.75) is 4.90 Å². The zero-order chi connectivity index (χ0) is 7.56. The van der Waals surface area contributed by atoms with Crippen LogP contribution in [-0.4, -0.2) is 0 Å². The first-order valence-corrected chi connectivity index (χ1v) is 6.54. The van der Waals surface area contributed by atoms with Crippen molar-refractivity contribution >= 4 is 67.6 Å². The van der Waals surface area contributed by atoms with Gasteiger partial charge in [-0.2, -0.15) is 0 Å². The Morgan fingerprint density at radius 1 is 1.20 bits per heavy atom. The second-order valence-corrected chi connectivity index (χ2v) is 5.10. The summed E-state index contributed by atoms with van der Waals surface area (Å²) in [4.78, 5) is 1.26. The summed E-state index contributed by atoms with van der Waals surface area (Å²) in [5.74, 6) is 0. The first-order valence-electron chi connectivity index (χ1n) is 2.51. The third-order valence-electron chi connectivity index (χ3n) is 1.01. The topological polar surface area (TPSA) is 0 Å². The summed E-state index contributed by atoms with van der Waals surface area (Å²) in [6.45, 7) is 0. The Morgan fingerprint density at radius 2 is 1.70 bits per heavy atom. The number of thiol groups is 1. The molecule has 0 aromatic heterocycles. The van der Waals surface area contributed by atoms with Gasteiger partial charge in [0, 0.05) is 12.0 Å². The maximum atomic E-state index is 4.16. The third-order valence-corrected chi connectivity index (χ3v) is 4.71. The average Bonchev–Trinajstić information content (AvgIpc) is 1.88. The first kappa shape index (κ1) is 9.47. The number of halogens is 2. The molecule has 1 rings (SSSR count). The normalized spacial score (nSPS) is 9.90. The summed E-state index contributed by atoms with van der Waals surface area (Å²) in [7, 11) is 1.50. The van der Waals surface area contributed by atoms with Crippen molar-refractivity contribution in [3.8, 4) is 0 Å². The van der Waals surface area contributed by atoms with Crippen molar-refractivity contribution in [1.82, 2.24) is 0 Å². The maximum absolute atomic E-state index is 4.16. The minimum absolute atomic E-state index is 1.26. The molecule has 1 aromatic rings. The summed E-state index contributed by atoms with van der Waals surface area (Å²) in [5, 5.41) is 0. The maximum Gasteiger partial charge on any atom is 0.0447 e. The van der Waals surface area contributed by atoms with Crippen LogP contribution in [0.5, 0.6) is 0 Å². The second-order valence-electron chi connectivity index (χ2n) is 1.64. The molecule has 0 nitrogen and oxygen atoms in total. The fourth-order valence-electron chi connectivity index (χ4n) is 0.570. The predicted molar refractivity (Wildman–Crippen MR) is 66.7 cm³/mol. The molecule has 0 aliphatic heterocycles. The summed E-state index contributed by atoms with van der Waals surface area (Å²) in [6, 6.07) is 6.22. The van der Waals surface area contributed by atoms with Crippen LogP contribution < -0.4 is 0 Å². The van der Waals surface area contributed by atoms with Crippen LogP contribution in [0.15, 0.2) is 23.1 Å². The predicted octanol–water partition coefficient (Wildman–Crippen LogP) is 3.83. The van der Waals surface area contributed by atoms with Gasteiger partial charge in [0.1, 0.15) is 0 Å². The van der Waals surface area contributed by atoms with Gasteiger partial charge in [-0.05, 0) is 57.3 Å². The fraction of sp³-hybridized carbons (Fsp3) is 0. The van der Waals surface area contributed by atoms with Gasteiger partial charge in [-0.25, -0.2) is 0 Å². The van der Waals surface area contributed by atoms with Crippen molar-refractivity contribution in [3.63, 3.8) is 0 Å². The van der Waals surface area contributed by atoms with E-state index in [-0.39, 0.29) is 0 Å². The molecular formula is C6H4I2S2. The van der Waals surface area contributed by atoms with Gasteiger partial charge < -0.3 is 0 Å². The molecular weight excluding hydrogens is 390 g/mol. The van der Waals surface area contributed by atoms with Crippen LogP contribution in [0.4, 0.5) is 0 Å². The first-order chi connectivity index (χ1) is 4.75. The molecule has 1 aromatic carbocycles. The summed E-state index contributed by atoms with van der Waals surface area (Å²) in [6.07, 6.45) is 0. The van der Waals surface area contributed by atoms with Crippen molar-refractivity contribution in [2.24, 2.45) is 0 Å². The zero-order valence-electron chi connectivity index (χ0n) is 4.84. The third kappa shape index (κ3) is 2.18. The van der Waals surface area contributed by atoms with Gasteiger partial charge in [0.05, 0.1) is 0 Å². The highest BCUT2D eigenvalue weighted by atomic mass is 127. The smallest absolute Gasteiger partial charge is 0.0447 e. The SMILES string of the molecule is SSc1c(I)cccc1I. The largest absolute Gasteiger partial charge is 0.106 e. The minimum Gasteiger partial charge on any atom is -0.106 e. The molecule has 0 aliphatic rings. The van der Waals surface area contributed by atoms with E-state index < -0.39 is 0 Å². The van der Waals surface area contributed by atoms with E-state index >= 15 is 0 Å². The van der Waals surface area contributed by atoms with Crippen molar-refractivity contribution in [3.05, 3.63) is 25.3 Å². The van der Waals surface area contributed by atoms with Gasteiger partial charge in [0.2, 0.25) is 0 Å². The van der Waals surface area contributed by atoms with E-state index in [2.05, 4.69) is 75.0 Å². The quantitative estimate of drug-likeness (QED) is 0.429. The molecule has 10 heavy (non-hydrogen) atoms. The van der Waals surface area contributed by atoms with Gasteiger partial charge >= 0.3 is 0 Å². The number of rotatable bonds is 1. The van der Waals surface area contributed by atoms with Crippen molar-refractivity contribution in [2.75, 3.05) is 0 Å². The molecule has 0 fully saturated rings. The molecule has 0 unspecified atom stereocenters. The lowest BCUT2D eigenvalue weighted by Crippen LogP contribution is -1.79. The van der Waals surface area contributed by atoms with Gasteiger partial charge in [-0.15, -0.1) is 11.7 Å². The Bertz CT molecular complexity index is 217. The molecule has 54 valence electrons. The molecule has 4 heteroatoms. The van der Waals surface area contributed by atoms with Crippen LogP contribution in [0, 0.1) is 7.14 Å². The van der Waals surface area contributed by atoms with Crippen molar-refractivity contribution in [1.29, 1.82) is 0 Å². The highest BCUT2D eigenvalue weighted by molar-refractivity contribution is 14.1.